The molecule has 0 amide bonds. The molecule has 0 saturated heterocycles. The minimum absolute atomic E-state index is 0.818. The standard InChI is InChI=1S/C17H26N2/c1-14(2)5-4-9-18-10-12-19-11-8-16-7-6-15(3)13-17(16)19/h6-8,11,13-14,18H,4-5,9-10,12H2,1-3H3. The van der Waals surface area contributed by atoms with Gasteiger partial charge in [0.25, 0.3) is 0 Å². The Kier molecular flexibility index (Phi) is 5.03. The number of hydrogen-bond acceptors (Lipinski definition) is 1. The van der Waals surface area contributed by atoms with Crippen molar-refractivity contribution in [2.24, 2.45) is 5.92 Å². The zero-order chi connectivity index (χ0) is 13.7. The van der Waals surface area contributed by atoms with Gasteiger partial charge in [0.15, 0.2) is 0 Å². The van der Waals surface area contributed by atoms with E-state index in [1.54, 1.807) is 0 Å². The summed E-state index contributed by atoms with van der Waals surface area (Å²) in [6.07, 6.45) is 4.79. The Bertz CT molecular complexity index is 511. The van der Waals surface area contributed by atoms with E-state index in [1.807, 2.05) is 0 Å². The van der Waals surface area contributed by atoms with Crippen molar-refractivity contribution in [3.8, 4) is 0 Å². The number of aromatic nitrogens is 1. The van der Waals surface area contributed by atoms with Gasteiger partial charge in [-0.3, -0.25) is 0 Å². The normalized spacial score (nSPS) is 11.6. The first-order chi connectivity index (χ1) is 9.16. The number of rotatable bonds is 7. The molecule has 2 heteroatoms. The lowest BCUT2D eigenvalue weighted by Gasteiger charge is -2.08. The first-order valence-corrected chi connectivity index (χ1v) is 7.43. The highest BCUT2D eigenvalue weighted by atomic mass is 15.0. The van der Waals surface area contributed by atoms with E-state index in [2.05, 4.69) is 61.1 Å². The number of nitrogens with one attached hydrogen (secondary N) is 1. The second-order valence-corrected chi connectivity index (χ2v) is 5.86. The fourth-order valence-corrected chi connectivity index (χ4v) is 2.45. The molecular formula is C17H26N2. The average Bonchev–Trinajstić information content (AvgIpc) is 2.76. The van der Waals surface area contributed by atoms with E-state index < -0.39 is 0 Å². The third kappa shape index (κ3) is 4.10. The summed E-state index contributed by atoms with van der Waals surface area (Å²) in [4.78, 5) is 0. The molecule has 1 heterocycles. The van der Waals surface area contributed by atoms with Gasteiger partial charge in [-0.25, -0.2) is 0 Å². The molecule has 0 unspecified atom stereocenters. The fourth-order valence-electron chi connectivity index (χ4n) is 2.45. The molecule has 104 valence electrons. The van der Waals surface area contributed by atoms with Crippen LogP contribution in [0.1, 0.15) is 32.3 Å². The fraction of sp³-hybridized carbons (Fsp3) is 0.529. The van der Waals surface area contributed by atoms with E-state index in [4.69, 9.17) is 0 Å². The molecular weight excluding hydrogens is 232 g/mol. The lowest BCUT2D eigenvalue weighted by Crippen LogP contribution is -2.21. The predicted octanol–water partition coefficient (Wildman–Crippen LogP) is 3.98. The summed E-state index contributed by atoms with van der Waals surface area (Å²) in [6.45, 7) is 9.96. The van der Waals surface area contributed by atoms with E-state index in [-0.39, 0.29) is 0 Å². The summed E-state index contributed by atoms with van der Waals surface area (Å²) in [5.41, 5.74) is 2.68. The molecule has 2 nitrogen and oxygen atoms in total. The number of benzene rings is 1. The highest BCUT2D eigenvalue weighted by molar-refractivity contribution is 5.80. The molecule has 0 aliphatic rings. The van der Waals surface area contributed by atoms with Crippen molar-refractivity contribution in [2.45, 2.75) is 40.2 Å². The van der Waals surface area contributed by atoms with E-state index in [1.165, 1.54) is 29.3 Å². The zero-order valence-corrected chi connectivity index (χ0v) is 12.4. The van der Waals surface area contributed by atoms with Crippen molar-refractivity contribution >= 4 is 10.9 Å². The Morgan fingerprint density at radius 1 is 1.16 bits per heavy atom. The van der Waals surface area contributed by atoms with Gasteiger partial charge in [0, 0.05) is 24.8 Å². The Labute approximate surface area is 116 Å². The number of aryl methyl sites for hydroxylation is 1. The molecule has 0 atom stereocenters. The lowest BCUT2D eigenvalue weighted by molar-refractivity contribution is 0.517. The largest absolute Gasteiger partial charge is 0.346 e. The van der Waals surface area contributed by atoms with Crippen LogP contribution in [-0.4, -0.2) is 17.7 Å². The van der Waals surface area contributed by atoms with Gasteiger partial charge in [0.1, 0.15) is 0 Å². The van der Waals surface area contributed by atoms with Crippen LogP contribution in [0.25, 0.3) is 10.9 Å². The first kappa shape index (κ1) is 14.1. The summed E-state index contributed by atoms with van der Waals surface area (Å²) in [5, 5.41) is 4.88. The van der Waals surface area contributed by atoms with Crippen LogP contribution in [0.2, 0.25) is 0 Å². The molecule has 1 aromatic carbocycles. The van der Waals surface area contributed by atoms with Crippen molar-refractivity contribution in [3.63, 3.8) is 0 Å². The molecule has 1 aromatic heterocycles. The molecule has 0 fully saturated rings. The second-order valence-electron chi connectivity index (χ2n) is 5.86. The average molecular weight is 258 g/mol. The summed E-state index contributed by atoms with van der Waals surface area (Å²) in [5.74, 6) is 0.818. The maximum absolute atomic E-state index is 3.54. The molecule has 0 spiro atoms. The van der Waals surface area contributed by atoms with E-state index in [0.29, 0.717) is 0 Å². The van der Waals surface area contributed by atoms with Gasteiger partial charge in [-0.1, -0.05) is 26.0 Å². The summed E-state index contributed by atoms with van der Waals surface area (Å²) < 4.78 is 2.35. The van der Waals surface area contributed by atoms with Crippen LogP contribution in [0.15, 0.2) is 30.5 Å². The van der Waals surface area contributed by atoms with Gasteiger partial charge in [-0.05, 0) is 55.3 Å². The number of fused-ring (bicyclic) bond motifs is 1. The van der Waals surface area contributed by atoms with Crippen LogP contribution < -0.4 is 5.32 Å². The third-order valence-corrected chi connectivity index (χ3v) is 3.59. The number of hydrogen-bond donors (Lipinski definition) is 1. The van der Waals surface area contributed by atoms with Gasteiger partial charge >= 0.3 is 0 Å². The minimum Gasteiger partial charge on any atom is -0.346 e. The summed E-state index contributed by atoms with van der Waals surface area (Å²) in [7, 11) is 0. The van der Waals surface area contributed by atoms with Crippen molar-refractivity contribution in [1.29, 1.82) is 0 Å². The van der Waals surface area contributed by atoms with E-state index >= 15 is 0 Å². The van der Waals surface area contributed by atoms with Crippen molar-refractivity contribution in [1.82, 2.24) is 9.88 Å². The zero-order valence-electron chi connectivity index (χ0n) is 12.4. The van der Waals surface area contributed by atoms with Gasteiger partial charge < -0.3 is 9.88 Å². The van der Waals surface area contributed by atoms with E-state index in [0.717, 1.165) is 25.6 Å². The van der Waals surface area contributed by atoms with Gasteiger partial charge in [0.05, 0.1) is 0 Å². The van der Waals surface area contributed by atoms with E-state index in [9.17, 15) is 0 Å². The molecule has 2 aromatic rings. The summed E-state index contributed by atoms with van der Waals surface area (Å²) in [6, 6.07) is 8.86. The van der Waals surface area contributed by atoms with Crippen molar-refractivity contribution in [3.05, 3.63) is 36.0 Å². The van der Waals surface area contributed by atoms with Crippen molar-refractivity contribution < 1.29 is 0 Å². The Morgan fingerprint density at radius 2 is 2.00 bits per heavy atom. The lowest BCUT2D eigenvalue weighted by atomic mass is 10.1. The smallest absolute Gasteiger partial charge is 0.0483 e. The van der Waals surface area contributed by atoms with Crippen LogP contribution in [0.4, 0.5) is 0 Å². The Morgan fingerprint density at radius 3 is 2.79 bits per heavy atom. The van der Waals surface area contributed by atoms with Gasteiger partial charge in [-0.15, -0.1) is 0 Å². The molecule has 0 radical (unpaired) electrons. The molecule has 0 aliphatic carbocycles. The highest BCUT2D eigenvalue weighted by Gasteiger charge is 2.00. The predicted molar refractivity (Wildman–Crippen MR) is 83.6 cm³/mol. The first-order valence-electron chi connectivity index (χ1n) is 7.43. The van der Waals surface area contributed by atoms with Crippen LogP contribution >= 0.6 is 0 Å². The van der Waals surface area contributed by atoms with Crippen LogP contribution in [0.3, 0.4) is 0 Å². The minimum atomic E-state index is 0.818. The third-order valence-electron chi connectivity index (χ3n) is 3.59. The quantitative estimate of drug-likeness (QED) is 0.743. The molecule has 19 heavy (non-hydrogen) atoms. The molecule has 2 rings (SSSR count). The highest BCUT2D eigenvalue weighted by Crippen LogP contribution is 2.17. The summed E-state index contributed by atoms with van der Waals surface area (Å²) >= 11 is 0. The Balaban J connectivity index is 1.80. The molecule has 0 aliphatic heterocycles. The SMILES string of the molecule is Cc1ccc2ccn(CCNCCCC(C)C)c2c1. The van der Waals surface area contributed by atoms with Gasteiger partial charge in [-0.2, -0.15) is 0 Å². The molecule has 0 saturated carbocycles. The topological polar surface area (TPSA) is 17.0 Å². The number of nitrogens with zero attached hydrogens (tertiary/aromatic N) is 1. The Hall–Kier alpha value is -1.28. The molecule has 0 bridgehead atoms. The molecule has 1 N–H and O–H groups in total. The maximum Gasteiger partial charge on any atom is 0.0483 e. The van der Waals surface area contributed by atoms with Crippen LogP contribution in [0.5, 0.6) is 0 Å². The van der Waals surface area contributed by atoms with Crippen molar-refractivity contribution in [2.75, 3.05) is 13.1 Å². The monoisotopic (exact) mass is 258 g/mol. The van der Waals surface area contributed by atoms with Crippen LogP contribution in [0, 0.1) is 12.8 Å². The van der Waals surface area contributed by atoms with Gasteiger partial charge in [0.2, 0.25) is 0 Å². The maximum atomic E-state index is 3.54. The second kappa shape index (κ2) is 6.76. The van der Waals surface area contributed by atoms with Crippen LogP contribution in [-0.2, 0) is 6.54 Å².